The van der Waals surface area contributed by atoms with Crippen LogP contribution in [-0.4, -0.2) is 36.4 Å². The van der Waals surface area contributed by atoms with E-state index >= 15 is 0 Å². The number of unbranched alkanes of at least 4 members (excludes halogenated alkanes) is 17. The zero-order valence-corrected chi connectivity index (χ0v) is 33.1. The molecule has 0 amide bonds. The summed E-state index contributed by atoms with van der Waals surface area (Å²) in [4.78, 5) is 24.3. The average Bonchev–Trinajstić information content (AvgIpc) is 3.13. The molecule has 0 spiro atoms. The fourth-order valence-electron chi connectivity index (χ4n) is 5.64. The van der Waals surface area contributed by atoms with Crippen molar-refractivity contribution in [2.75, 3.05) is 13.2 Å². The van der Waals surface area contributed by atoms with Crippen molar-refractivity contribution >= 4 is 11.9 Å². The van der Waals surface area contributed by atoms with Crippen molar-refractivity contribution in [2.24, 2.45) is 0 Å². The van der Waals surface area contributed by atoms with Gasteiger partial charge in [0.1, 0.15) is 6.61 Å². The Kier molecular flexibility index (Phi) is 39.6. The molecule has 1 atom stereocenters. The fourth-order valence-corrected chi connectivity index (χ4v) is 5.64. The highest BCUT2D eigenvalue weighted by atomic mass is 16.6. The van der Waals surface area contributed by atoms with Crippen molar-refractivity contribution in [1.82, 2.24) is 0 Å². The predicted molar refractivity (Wildman–Crippen MR) is 219 cm³/mol. The van der Waals surface area contributed by atoms with Crippen LogP contribution in [0.5, 0.6) is 0 Å². The van der Waals surface area contributed by atoms with Crippen LogP contribution < -0.4 is 0 Å². The second kappa shape index (κ2) is 41.8. The summed E-state index contributed by atoms with van der Waals surface area (Å²) in [6, 6.07) is 0. The van der Waals surface area contributed by atoms with E-state index in [0.29, 0.717) is 12.8 Å². The van der Waals surface area contributed by atoms with Crippen molar-refractivity contribution in [1.29, 1.82) is 0 Å². The first kappa shape index (κ1) is 48.3. The van der Waals surface area contributed by atoms with Gasteiger partial charge in [0.2, 0.25) is 0 Å². The van der Waals surface area contributed by atoms with Crippen molar-refractivity contribution < 1.29 is 24.2 Å². The number of hydrogen-bond acceptors (Lipinski definition) is 5. The Bertz CT molecular complexity index is 941. The smallest absolute Gasteiger partial charge is 0.306 e. The minimum absolute atomic E-state index is 0.0972. The van der Waals surface area contributed by atoms with Crippen molar-refractivity contribution in [3.63, 3.8) is 0 Å². The zero-order chi connectivity index (χ0) is 37.1. The molecule has 0 fully saturated rings. The van der Waals surface area contributed by atoms with E-state index in [1.807, 2.05) is 12.2 Å². The van der Waals surface area contributed by atoms with Gasteiger partial charge < -0.3 is 14.6 Å². The van der Waals surface area contributed by atoms with Gasteiger partial charge in [0.15, 0.2) is 6.10 Å². The van der Waals surface area contributed by atoms with Gasteiger partial charge >= 0.3 is 11.9 Å². The lowest BCUT2D eigenvalue weighted by molar-refractivity contribution is -0.161. The first-order chi connectivity index (χ1) is 25.1. The quantitative estimate of drug-likeness (QED) is 0.0395. The van der Waals surface area contributed by atoms with Crippen LogP contribution in [0.25, 0.3) is 0 Å². The number of allylic oxidation sites excluding steroid dienone is 12. The Morgan fingerprint density at radius 2 is 0.843 bits per heavy atom. The molecule has 0 aliphatic heterocycles. The molecule has 1 unspecified atom stereocenters. The lowest BCUT2D eigenvalue weighted by Gasteiger charge is -2.15. The number of hydrogen-bond donors (Lipinski definition) is 1. The van der Waals surface area contributed by atoms with Gasteiger partial charge in [0, 0.05) is 12.8 Å². The van der Waals surface area contributed by atoms with Crippen LogP contribution in [0.4, 0.5) is 0 Å². The highest BCUT2D eigenvalue weighted by Crippen LogP contribution is 2.15. The molecule has 0 aromatic carbocycles. The van der Waals surface area contributed by atoms with E-state index in [2.05, 4.69) is 74.6 Å². The maximum atomic E-state index is 12.2. The molecule has 51 heavy (non-hydrogen) atoms. The first-order valence-corrected chi connectivity index (χ1v) is 21.0. The lowest BCUT2D eigenvalue weighted by Crippen LogP contribution is -2.28. The van der Waals surface area contributed by atoms with Gasteiger partial charge in [0.05, 0.1) is 6.61 Å². The topological polar surface area (TPSA) is 72.8 Å². The molecule has 5 heteroatoms. The molecule has 0 aliphatic carbocycles. The molecule has 0 aromatic rings. The maximum absolute atomic E-state index is 12.2. The molecule has 0 aliphatic rings. The molecule has 5 nitrogen and oxygen atoms in total. The van der Waals surface area contributed by atoms with Crippen LogP contribution in [0, 0.1) is 0 Å². The number of carbonyl (C=O) groups is 2. The molecule has 0 bridgehead atoms. The number of carbonyl (C=O) groups excluding carboxylic acids is 2. The summed E-state index contributed by atoms with van der Waals surface area (Å²) in [6.07, 6.45) is 55.5. The molecular formula is C46H78O5. The van der Waals surface area contributed by atoms with Gasteiger partial charge in [-0.2, -0.15) is 0 Å². The third-order valence-electron chi connectivity index (χ3n) is 8.78. The normalized spacial score (nSPS) is 12.9. The van der Waals surface area contributed by atoms with E-state index < -0.39 is 12.1 Å². The highest BCUT2D eigenvalue weighted by molar-refractivity contribution is 5.70. The summed E-state index contributed by atoms with van der Waals surface area (Å²) >= 11 is 0. The van der Waals surface area contributed by atoms with Crippen molar-refractivity contribution in [3.8, 4) is 0 Å². The molecule has 0 radical (unpaired) electrons. The summed E-state index contributed by atoms with van der Waals surface area (Å²) < 4.78 is 10.6. The minimum atomic E-state index is -0.813. The van der Waals surface area contributed by atoms with E-state index in [-0.39, 0.29) is 25.6 Å². The van der Waals surface area contributed by atoms with Crippen LogP contribution in [-0.2, 0) is 19.1 Å². The summed E-state index contributed by atoms with van der Waals surface area (Å²) in [5.74, 6) is -0.688. The standard InChI is InChI=1S/C46H78O5/c1-3-5-7-9-11-13-15-17-19-21-23-25-27-29-31-33-35-37-39-41-46(49)51-44(42-47)43-50-45(48)40-38-36-34-32-30-28-26-24-22-20-18-16-14-12-10-8-6-4-2/h5,7,11,13,17,19,23,25,29,31,35,37,44,47H,3-4,6,8-10,12,14-16,18,20-22,24,26-28,30,32-34,36,38-43H2,1-2H3/b7-5-,13-11-,19-17-,25-23-,31-29-,37-35-. The predicted octanol–water partition coefficient (Wildman–Crippen LogP) is 13.3. The van der Waals surface area contributed by atoms with Gasteiger partial charge in [-0.1, -0.05) is 196 Å². The van der Waals surface area contributed by atoms with Gasteiger partial charge in [-0.25, -0.2) is 0 Å². The van der Waals surface area contributed by atoms with E-state index in [1.165, 1.54) is 96.3 Å². The average molecular weight is 711 g/mol. The maximum Gasteiger partial charge on any atom is 0.306 e. The SMILES string of the molecule is CC/C=C\C/C=C\C/C=C\C/C=C\C/C=C\C/C=C\CCC(=O)OC(CO)COC(=O)CCCCCCCCCCCCCCCCCCCC. The molecule has 0 rings (SSSR count). The van der Waals surface area contributed by atoms with E-state index in [9.17, 15) is 14.7 Å². The molecule has 1 N–H and O–H groups in total. The van der Waals surface area contributed by atoms with E-state index in [0.717, 1.165) is 57.8 Å². The molecular weight excluding hydrogens is 633 g/mol. The number of aliphatic hydroxyl groups is 1. The van der Waals surface area contributed by atoms with E-state index in [4.69, 9.17) is 9.47 Å². The Balaban J connectivity index is 3.66. The number of aliphatic hydroxyl groups excluding tert-OH is 1. The monoisotopic (exact) mass is 711 g/mol. The van der Waals surface area contributed by atoms with E-state index in [1.54, 1.807) is 0 Å². The van der Waals surface area contributed by atoms with Gasteiger partial charge in [0.25, 0.3) is 0 Å². The molecule has 0 heterocycles. The fraction of sp³-hybridized carbons (Fsp3) is 0.696. The number of rotatable bonds is 37. The number of esters is 2. The largest absolute Gasteiger partial charge is 0.462 e. The third kappa shape index (κ3) is 40.0. The summed E-state index contributed by atoms with van der Waals surface area (Å²) in [5, 5.41) is 9.56. The van der Waals surface area contributed by atoms with Crippen LogP contribution in [0.15, 0.2) is 72.9 Å². The van der Waals surface area contributed by atoms with Gasteiger partial charge in [-0.3, -0.25) is 9.59 Å². The molecule has 292 valence electrons. The Labute approximate surface area is 314 Å². The highest BCUT2D eigenvalue weighted by Gasteiger charge is 2.15. The molecule has 0 saturated carbocycles. The van der Waals surface area contributed by atoms with Gasteiger partial charge in [-0.05, 0) is 51.4 Å². The minimum Gasteiger partial charge on any atom is -0.462 e. The summed E-state index contributed by atoms with van der Waals surface area (Å²) in [6.45, 7) is 3.97. The lowest BCUT2D eigenvalue weighted by atomic mass is 10.0. The summed E-state index contributed by atoms with van der Waals surface area (Å²) in [5.41, 5.74) is 0. The van der Waals surface area contributed by atoms with Crippen molar-refractivity contribution in [2.45, 2.75) is 193 Å². The van der Waals surface area contributed by atoms with Crippen LogP contribution >= 0.6 is 0 Å². The third-order valence-corrected chi connectivity index (χ3v) is 8.78. The zero-order valence-electron chi connectivity index (χ0n) is 33.1. The van der Waals surface area contributed by atoms with Gasteiger partial charge in [-0.15, -0.1) is 0 Å². The summed E-state index contributed by atoms with van der Waals surface area (Å²) in [7, 11) is 0. The molecule has 0 aromatic heterocycles. The Hall–Kier alpha value is -2.66. The Morgan fingerprint density at radius 3 is 1.24 bits per heavy atom. The first-order valence-electron chi connectivity index (χ1n) is 21.0. The van der Waals surface area contributed by atoms with Crippen LogP contribution in [0.3, 0.4) is 0 Å². The second-order valence-electron chi connectivity index (χ2n) is 13.7. The molecule has 0 saturated heterocycles. The second-order valence-corrected chi connectivity index (χ2v) is 13.7. The number of ether oxygens (including phenoxy) is 2. The van der Waals surface area contributed by atoms with Crippen LogP contribution in [0.2, 0.25) is 0 Å². The van der Waals surface area contributed by atoms with Crippen LogP contribution in [0.1, 0.15) is 187 Å². The Morgan fingerprint density at radius 1 is 0.471 bits per heavy atom. The van der Waals surface area contributed by atoms with Crippen molar-refractivity contribution in [3.05, 3.63) is 72.9 Å².